The predicted octanol–water partition coefficient (Wildman–Crippen LogP) is 1.09. The highest BCUT2D eigenvalue weighted by molar-refractivity contribution is 5.94. The lowest BCUT2D eigenvalue weighted by molar-refractivity contribution is 0.0304. The summed E-state index contributed by atoms with van der Waals surface area (Å²) in [4.78, 5) is 32.0. The van der Waals surface area contributed by atoms with Crippen LogP contribution in [0.1, 0.15) is 36.0 Å². The summed E-state index contributed by atoms with van der Waals surface area (Å²) in [5.41, 5.74) is -0.0217. The van der Waals surface area contributed by atoms with Gasteiger partial charge in [0, 0.05) is 51.1 Å². The van der Waals surface area contributed by atoms with Crippen LogP contribution in [0.15, 0.2) is 23.1 Å². The van der Waals surface area contributed by atoms with Gasteiger partial charge < -0.3 is 14.6 Å². The van der Waals surface area contributed by atoms with E-state index in [4.69, 9.17) is 4.74 Å². The quantitative estimate of drug-likeness (QED) is 0.881. The minimum Gasteiger partial charge on any atom is -0.381 e. The number of nitrogens with zero attached hydrogens (tertiary/aromatic N) is 2. The third kappa shape index (κ3) is 3.00. The third-order valence-corrected chi connectivity index (χ3v) is 5.76. The molecule has 2 atom stereocenters. The monoisotopic (exact) mass is 331 g/mol. The average molecular weight is 331 g/mol. The van der Waals surface area contributed by atoms with E-state index in [9.17, 15) is 9.59 Å². The first-order valence-electron chi connectivity index (χ1n) is 9.03. The highest BCUT2D eigenvalue weighted by atomic mass is 16.5. The van der Waals surface area contributed by atoms with Gasteiger partial charge in [-0.2, -0.15) is 0 Å². The van der Waals surface area contributed by atoms with E-state index in [1.165, 1.54) is 6.42 Å². The van der Waals surface area contributed by atoms with Gasteiger partial charge in [-0.1, -0.05) is 0 Å². The number of ether oxygens (including phenoxy) is 1. The van der Waals surface area contributed by atoms with Gasteiger partial charge in [-0.3, -0.25) is 14.5 Å². The summed E-state index contributed by atoms with van der Waals surface area (Å²) in [6, 6.07) is 4.16. The van der Waals surface area contributed by atoms with Gasteiger partial charge in [0.05, 0.1) is 0 Å². The Morgan fingerprint density at radius 3 is 2.71 bits per heavy atom. The number of carbonyl (C=O) groups is 1. The maximum absolute atomic E-state index is 12.9. The molecule has 130 valence electrons. The van der Waals surface area contributed by atoms with E-state index in [1.807, 2.05) is 4.90 Å². The summed E-state index contributed by atoms with van der Waals surface area (Å²) in [6.07, 6.45) is 5.97. The normalized spacial score (nSPS) is 28.8. The number of H-pyrrole nitrogens is 1. The van der Waals surface area contributed by atoms with Gasteiger partial charge in [0.2, 0.25) is 0 Å². The van der Waals surface area contributed by atoms with E-state index < -0.39 is 0 Å². The van der Waals surface area contributed by atoms with E-state index in [2.05, 4.69) is 9.88 Å². The summed E-state index contributed by atoms with van der Waals surface area (Å²) >= 11 is 0. The zero-order valence-corrected chi connectivity index (χ0v) is 13.9. The molecule has 24 heavy (non-hydrogen) atoms. The molecule has 4 aliphatic rings. The number of piperidine rings is 1. The maximum Gasteiger partial charge on any atom is 0.260 e. The summed E-state index contributed by atoms with van der Waals surface area (Å²) in [5, 5.41) is 0. The Morgan fingerprint density at radius 2 is 1.92 bits per heavy atom. The van der Waals surface area contributed by atoms with Crippen LogP contribution < -0.4 is 5.56 Å². The number of nitrogens with one attached hydrogen (secondary N) is 1. The molecule has 0 radical (unpaired) electrons. The Bertz CT molecular complexity index is 653. The van der Waals surface area contributed by atoms with Crippen LogP contribution in [0.3, 0.4) is 0 Å². The number of fused-ring (bicyclic) bond motifs is 4. The van der Waals surface area contributed by atoms with Gasteiger partial charge >= 0.3 is 0 Å². The number of hydrogen-bond acceptors (Lipinski definition) is 4. The van der Waals surface area contributed by atoms with Crippen molar-refractivity contribution in [3.05, 3.63) is 34.2 Å². The fourth-order valence-electron chi connectivity index (χ4n) is 4.46. The predicted molar refractivity (Wildman–Crippen MR) is 90.0 cm³/mol. The Balaban J connectivity index is 1.53. The molecule has 4 saturated heterocycles. The zero-order valence-electron chi connectivity index (χ0n) is 13.9. The first kappa shape index (κ1) is 15.8. The molecule has 1 N–H and O–H groups in total. The SMILES string of the molecule is O=C(c1ccc[nH]c1=O)N1C[C@H]2CC[C@@H]1CN(C1CCOCC1)C2. The van der Waals surface area contributed by atoms with Crippen LogP contribution in [0.5, 0.6) is 0 Å². The molecule has 5 heterocycles. The highest BCUT2D eigenvalue weighted by Crippen LogP contribution is 2.31. The number of hydrogen-bond donors (Lipinski definition) is 1. The molecule has 0 saturated carbocycles. The maximum atomic E-state index is 12.9. The molecule has 4 fully saturated rings. The number of carbonyl (C=O) groups excluding carboxylic acids is 1. The summed E-state index contributed by atoms with van der Waals surface area (Å²) in [7, 11) is 0. The van der Waals surface area contributed by atoms with Gasteiger partial charge in [0.1, 0.15) is 5.56 Å². The van der Waals surface area contributed by atoms with E-state index in [0.717, 1.165) is 52.1 Å². The second-order valence-electron chi connectivity index (χ2n) is 7.27. The van der Waals surface area contributed by atoms with Crippen molar-refractivity contribution in [2.45, 2.75) is 37.8 Å². The number of rotatable bonds is 2. The Kier molecular flexibility index (Phi) is 4.41. The van der Waals surface area contributed by atoms with Crippen molar-refractivity contribution in [2.24, 2.45) is 5.92 Å². The Morgan fingerprint density at radius 1 is 1.08 bits per heavy atom. The second kappa shape index (κ2) is 6.69. The summed E-state index contributed by atoms with van der Waals surface area (Å²) < 4.78 is 5.49. The molecule has 2 bridgehead atoms. The summed E-state index contributed by atoms with van der Waals surface area (Å²) in [6.45, 7) is 4.46. The van der Waals surface area contributed by atoms with Crippen LogP contribution in [0.25, 0.3) is 0 Å². The lowest BCUT2D eigenvalue weighted by atomic mass is 9.94. The lowest BCUT2D eigenvalue weighted by Crippen LogP contribution is -2.49. The van der Waals surface area contributed by atoms with Gasteiger partial charge in [-0.25, -0.2) is 0 Å². The van der Waals surface area contributed by atoms with Crippen molar-refractivity contribution in [1.82, 2.24) is 14.8 Å². The Labute approximate surface area is 141 Å². The average Bonchev–Trinajstić information content (AvgIpc) is 2.94. The Hall–Kier alpha value is -1.66. The van der Waals surface area contributed by atoms with Crippen LogP contribution in [0, 0.1) is 5.92 Å². The molecular formula is C18H25N3O3. The van der Waals surface area contributed by atoms with Gasteiger partial charge in [-0.05, 0) is 43.7 Å². The molecule has 1 aromatic heterocycles. The molecule has 0 aliphatic carbocycles. The van der Waals surface area contributed by atoms with Crippen LogP contribution in [-0.4, -0.2) is 65.6 Å². The van der Waals surface area contributed by atoms with Gasteiger partial charge in [0.15, 0.2) is 0 Å². The molecule has 1 amide bonds. The minimum atomic E-state index is -0.288. The molecule has 0 spiro atoms. The molecule has 1 aromatic rings. The van der Waals surface area contributed by atoms with Gasteiger partial charge in [-0.15, -0.1) is 0 Å². The largest absolute Gasteiger partial charge is 0.381 e. The third-order valence-electron chi connectivity index (χ3n) is 5.76. The van der Waals surface area contributed by atoms with Crippen LogP contribution >= 0.6 is 0 Å². The van der Waals surface area contributed by atoms with Crippen molar-refractivity contribution in [3.63, 3.8) is 0 Å². The zero-order chi connectivity index (χ0) is 16.5. The smallest absolute Gasteiger partial charge is 0.260 e. The molecular weight excluding hydrogens is 306 g/mol. The standard InChI is InChI=1S/C18H25N3O3/c22-17-16(2-1-7-19-17)18(23)21-11-13-3-4-15(21)12-20(10-13)14-5-8-24-9-6-14/h1-2,7,13-15H,3-6,8-12H2,(H,19,22)/t13-,15+/m0/s1. The molecule has 0 aromatic carbocycles. The van der Waals surface area contributed by atoms with E-state index in [0.29, 0.717) is 12.0 Å². The number of amides is 1. The highest BCUT2D eigenvalue weighted by Gasteiger charge is 2.39. The van der Waals surface area contributed by atoms with Crippen LogP contribution in [0.4, 0.5) is 0 Å². The van der Waals surface area contributed by atoms with E-state index in [-0.39, 0.29) is 23.1 Å². The second-order valence-corrected chi connectivity index (χ2v) is 7.27. The fraction of sp³-hybridized carbons (Fsp3) is 0.667. The van der Waals surface area contributed by atoms with E-state index in [1.54, 1.807) is 18.3 Å². The first-order valence-corrected chi connectivity index (χ1v) is 9.03. The van der Waals surface area contributed by atoms with Crippen LogP contribution in [-0.2, 0) is 4.74 Å². The summed E-state index contributed by atoms with van der Waals surface area (Å²) in [5.74, 6) is 0.402. The fourth-order valence-corrected chi connectivity index (χ4v) is 4.46. The lowest BCUT2D eigenvalue weighted by Gasteiger charge is -2.37. The molecule has 5 rings (SSSR count). The van der Waals surface area contributed by atoms with Crippen molar-refractivity contribution < 1.29 is 9.53 Å². The molecule has 6 heteroatoms. The number of pyridine rings is 1. The topological polar surface area (TPSA) is 65.6 Å². The first-order chi connectivity index (χ1) is 11.7. The van der Waals surface area contributed by atoms with Crippen molar-refractivity contribution in [2.75, 3.05) is 32.8 Å². The van der Waals surface area contributed by atoms with E-state index >= 15 is 0 Å². The van der Waals surface area contributed by atoms with Crippen molar-refractivity contribution >= 4 is 5.91 Å². The van der Waals surface area contributed by atoms with Crippen molar-refractivity contribution in [3.8, 4) is 0 Å². The molecule has 6 nitrogen and oxygen atoms in total. The minimum absolute atomic E-state index is 0.111. The number of aromatic amines is 1. The number of aromatic nitrogens is 1. The van der Waals surface area contributed by atoms with Gasteiger partial charge in [0.25, 0.3) is 11.5 Å². The van der Waals surface area contributed by atoms with Crippen molar-refractivity contribution in [1.29, 1.82) is 0 Å². The molecule has 4 aliphatic heterocycles. The van der Waals surface area contributed by atoms with Crippen LogP contribution in [0.2, 0.25) is 0 Å². The molecule has 0 unspecified atom stereocenters.